The molecule has 3 nitrogen and oxygen atoms in total. The van der Waals surface area contributed by atoms with Gasteiger partial charge in [0.1, 0.15) is 0 Å². The van der Waals surface area contributed by atoms with Crippen molar-refractivity contribution in [3.63, 3.8) is 0 Å². The van der Waals surface area contributed by atoms with E-state index >= 15 is 0 Å². The second kappa shape index (κ2) is 4.33. The lowest BCUT2D eigenvalue weighted by Crippen LogP contribution is -2.30. The number of nitrogens with two attached hydrogens (primary N) is 1. The number of anilines is 1. The summed E-state index contributed by atoms with van der Waals surface area (Å²) in [4.78, 5) is 11.9. The van der Waals surface area contributed by atoms with Crippen molar-refractivity contribution in [2.45, 2.75) is 19.8 Å². The number of hydrogen-bond acceptors (Lipinski definition) is 2. The Kier molecular flexibility index (Phi) is 3.21. The van der Waals surface area contributed by atoms with Gasteiger partial charge in [0.25, 0.3) is 0 Å². The molecule has 0 atom stereocenters. The van der Waals surface area contributed by atoms with Gasteiger partial charge in [-0.25, -0.2) is 0 Å². The van der Waals surface area contributed by atoms with Crippen molar-refractivity contribution in [2.24, 2.45) is 11.1 Å². The zero-order chi connectivity index (χ0) is 11.8. The Labute approximate surface area is 109 Å². The van der Waals surface area contributed by atoms with E-state index in [1.807, 2.05) is 18.2 Å². The van der Waals surface area contributed by atoms with Crippen LogP contribution >= 0.6 is 22.6 Å². The van der Waals surface area contributed by atoms with E-state index in [0.717, 1.165) is 22.1 Å². The smallest absolute Gasteiger partial charge is 0.231 e. The van der Waals surface area contributed by atoms with Gasteiger partial charge < -0.3 is 11.1 Å². The van der Waals surface area contributed by atoms with Gasteiger partial charge in [0.2, 0.25) is 5.91 Å². The third kappa shape index (κ3) is 2.22. The molecule has 0 aromatic heterocycles. The van der Waals surface area contributed by atoms with E-state index in [2.05, 4.69) is 34.8 Å². The summed E-state index contributed by atoms with van der Waals surface area (Å²) < 4.78 is 1.16. The highest BCUT2D eigenvalue weighted by molar-refractivity contribution is 14.1. The van der Waals surface area contributed by atoms with Gasteiger partial charge in [-0.3, -0.25) is 4.79 Å². The minimum absolute atomic E-state index is 0.0645. The molecule has 1 aliphatic carbocycles. The van der Waals surface area contributed by atoms with Gasteiger partial charge in [-0.05, 0) is 60.1 Å². The van der Waals surface area contributed by atoms with E-state index in [1.54, 1.807) is 0 Å². The molecule has 1 amide bonds. The molecule has 1 aliphatic rings. The maximum Gasteiger partial charge on any atom is 0.231 e. The van der Waals surface area contributed by atoms with Crippen LogP contribution in [0.5, 0.6) is 0 Å². The monoisotopic (exact) mass is 330 g/mol. The van der Waals surface area contributed by atoms with E-state index in [0.29, 0.717) is 6.54 Å². The largest absolute Gasteiger partial charge is 0.329 e. The van der Waals surface area contributed by atoms with Crippen LogP contribution in [0.15, 0.2) is 18.2 Å². The summed E-state index contributed by atoms with van der Waals surface area (Å²) in [5.74, 6) is 0.0645. The average molecular weight is 330 g/mol. The van der Waals surface area contributed by atoms with Crippen LogP contribution in [-0.2, 0) is 4.79 Å². The topological polar surface area (TPSA) is 55.1 Å². The summed E-state index contributed by atoms with van der Waals surface area (Å²) in [5.41, 5.74) is 7.42. The van der Waals surface area contributed by atoms with Crippen LogP contribution in [0, 0.1) is 15.9 Å². The maximum atomic E-state index is 11.9. The quantitative estimate of drug-likeness (QED) is 0.836. The second-order valence-electron chi connectivity index (χ2n) is 4.40. The molecule has 1 aromatic carbocycles. The zero-order valence-electron chi connectivity index (χ0n) is 9.22. The lowest BCUT2D eigenvalue weighted by Gasteiger charge is -2.13. The van der Waals surface area contributed by atoms with Crippen LogP contribution in [0.2, 0.25) is 0 Å². The second-order valence-corrected chi connectivity index (χ2v) is 5.56. The van der Waals surface area contributed by atoms with E-state index in [4.69, 9.17) is 5.73 Å². The number of carbonyl (C=O) groups is 1. The van der Waals surface area contributed by atoms with Gasteiger partial charge >= 0.3 is 0 Å². The molecule has 16 heavy (non-hydrogen) atoms. The Balaban J connectivity index is 2.09. The lowest BCUT2D eigenvalue weighted by atomic mass is 10.1. The van der Waals surface area contributed by atoms with E-state index < -0.39 is 0 Å². The Morgan fingerprint density at radius 2 is 2.25 bits per heavy atom. The standard InChI is InChI=1S/C12H15IN2O/c1-8-2-3-9(6-10(8)13)15-11(16)12(7-14)4-5-12/h2-3,6H,4-5,7,14H2,1H3,(H,15,16). The van der Waals surface area contributed by atoms with Crippen LogP contribution in [0.1, 0.15) is 18.4 Å². The zero-order valence-corrected chi connectivity index (χ0v) is 11.4. The third-order valence-corrected chi connectivity index (χ3v) is 4.32. The molecule has 1 saturated carbocycles. The van der Waals surface area contributed by atoms with Gasteiger partial charge in [0.15, 0.2) is 0 Å². The minimum Gasteiger partial charge on any atom is -0.329 e. The fourth-order valence-corrected chi connectivity index (χ4v) is 2.12. The molecule has 86 valence electrons. The highest BCUT2D eigenvalue weighted by Gasteiger charge is 2.48. The van der Waals surface area contributed by atoms with E-state index in [9.17, 15) is 4.79 Å². The van der Waals surface area contributed by atoms with Crippen molar-refractivity contribution in [1.29, 1.82) is 0 Å². The van der Waals surface area contributed by atoms with Crippen molar-refractivity contribution in [1.82, 2.24) is 0 Å². The third-order valence-electron chi connectivity index (χ3n) is 3.16. The predicted molar refractivity (Wildman–Crippen MR) is 73.2 cm³/mol. The molecule has 3 N–H and O–H groups in total. The van der Waals surface area contributed by atoms with Gasteiger partial charge in [0, 0.05) is 15.8 Å². The summed E-state index contributed by atoms with van der Waals surface area (Å²) in [7, 11) is 0. The fourth-order valence-electron chi connectivity index (χ4n) is 1.61. The predicted octanol–water partition coefficient (Wildman–Crippen LogP) is 2.28. The molecular weight excluding hydrogens is 315 g/mol. The van der Waals surface area contributed by atoms with Crippen LogP contribution < -0.4 is 11.1 Å². The number of carbonyl (C=O) groups excluding carboxylic acids is 1. The summed E-state index contributed by atoms with van der Waals surface area (Å²) in [5, 5.41) is 2.94. The van der Waals surface area contributed by atoms with Crippen molar-refractivity contribution in [3.8, 4) is 0 Å². The Morgan fingerprint density at radius 3 is 2.75 bits per heavy atom. The molecule has 2 rings (SSSR count). The van der Waals surface area contributed by atoms with Crippen molar-refractivity contribution < 1.29 is 4.79 Å². The van der Waals surface area contributed by atoms with Gasteiger partial charge in [0.05, 0.1) is 5.41 Å². The molecule has 0 bridgehead atoms. The molecule has 0 unspecified atom stereocenters. The highest BCUT2D eigenvalue weighted by Crippen LogP contribution is 2.45. The number of rotatable bonds is 3. The number of amides is 1. The molecule has 1 aromatic rings. The summed E-state index contributed by atoms with van der Waals surface area (Å²) in [6.45, 7) is 2.50. The molecule has 1 fully saturated rings. The number of aryl methyl sites for hydroxylation is 1. The van der Waals surface area contributed by atoms with E-state index in [1.165, 1.54) is 5.56 Å². The van der Waals surface area contributed by atoms with Gasteiger partial charge in [-0.1, -0.05) is 6.07 Å². The lowest BCUT2D eigenvalue weighted by molar-refractivity contribution is -0.120. The molecule has 0 aliphatic heterocycles. The number of halogens is 1. The Morgan fingerprint density at radius 1 is 1.56 bits per heavy atom. The van der Waals surface area contributed by atoms with Gasteiger partial charge in [-0.15, -0.1) is 0 Å². The fraction of sp³-hybridized carbons (Fsp3) is 0.417. The maximum absolute atomic E-state index is 11.9. The minimum atomic E-state index is -0.281. The molecule has 0 spiro atoms. The molecule has 0 radical (unpaired) electrons. The number of nitrogens with one attached hydrogen (secondary N) is 1. The van der Waals surface area contributed by atoms with Crippen LogP contribution in [-0.4, -0.2) is 12.5 Å². The van der Waals surface area contributed by atoms with Crippen molar-refractivity contribution in [2.75, 3.05) is 11.9 Å². The van der Waals surface area contributed by atoms with E-state index in [-0.39, 0.29) is 11.3 Å². The molecule has 4 heteroatoms. The number of benzene rings is 1. The number of hydrogen-bond donors (Lipinski definition) is 2. The summed E-state index contributed by atoms with van der Waals surface area (Å²) in [6, 6.07) is 5.93. The normalized spacial score (nSPS) is 16.9. The average Bonchev–Trinajstić information content (AvgIpc) is 3.04. The van der Waals surface area contributed by atoms with Crippen LogP contribution in [0.25, 0.3) is 0 Å². The molecular formula is C12H15IN2O. The first kappa shape index (κ1) is 11.9. The van der Waals surface area contributed by atoms with Crippen LogP contribution in [0.4, 0.5) is 5.69 Å². The SMILES string of the molecule is Cc1ccc(NC(=O)C2(CN)CC2)cc1I. The van der Waals surface area contributed by atoms with Crippen molar-refractivity contribution in [3.05, 3.63) is 27.3 Å². The summed E-state index contributed by atoms with van der Waals surface area (Å²) >= 11 is 2.27. The first-order chi connectivity index (χ1) is 7.57. The van der Waals surface area contributed by atoms with Crippen LogP contribution in [0.3, 0.4) is 0 Å². The highest BCUT2D eigenvalue weighted by atomic mass is 127. The Hall–Kier alpha value is -0.620. The van der Waals surface area contributed by atoms with Gasteiger partial charge in [-0.2, -0.15) is 0 Å². The molecule has 0 saturated heterocycles. The first-order valence-electron chi connectivity index (χ1n) is 5.35. The van der Waals surface area contributed by atoms with Crippen molar-refractivity contribution >= 4 is 34.2 Å². The summed E-state index contributed by atoms with van der Waals surface area (Å²) in [6.07, 6.45) is 1.83. The molecule has 0 heterocycles. The first-order valence-corrected chi connectivity index (χ1v) is 6.43. The Bertz CT molecular complexity index is 427.